The summed E-state index contributed by atoms with van der Waals surface area (Å²) in [5.41, 5.74) is 0.744. The van der Waals surface area contributed by atoms with Crippen molar-refractivity contribution in [1.82, 2.24) is 5.32 Å². The van der Waals surface area contributed by atoms with E-state index in [1.807, 2.05) is 0 Å². The third-order valence-corrected chi connectivity index (χ3v) is 3.47. The lowest BCUT2D eigenvalue weighted by Crippen LogP contribution is -2.36. The van der Waals surface area contributed by atoms with Gasteiger partial charge in [-0.05, 0) is 17.9 Å². The molecule has 114 valence electrons. The van der Waals surface area contributed by atoms with Gasteiger partial charge in [0.25, 0.3) is 0 Å². The fourth-order valence-corrected chi connectivity index (χ4v) is 1.68. The quantitative estimate of drug-likeness (QED) is 0.732. The third kappa shape index (κ3) is 6.46. The Morgan fingerprint density at radius 2 is 2.05 bits per heavy atom. The molecule has 0 saturated carbocycles. The highest BCUT2D eigenvalue weighted by Crippen LogP contribution is 2.17. The van der Waals surface area contributed by atoms with Crippen LogP contribution in [-0.4, -0.2) is 30.9 Å². The highest BCUT2D eigenvalue weighted by atomic mass is 19.1. The van der Waals surface area contributed by atoms with Gasteiger partial charge in [0.05, 0.1) is 19.3 Å². The van der Waals surface area contributed by atoms with E-state index in [1.165, 1.54) is 6.07 Å². The van der Waals surface area contributed by atoms with E-state index in [-0.39, 0.29) is 24.4 Å². The smallest absolute Gasteiger partial charge is 0.128 e. The van der Waals surface area contributed by atoms with Gasteiger partial charge in [0.15, 0.2) is 0 Å². The summed E-state index contributed by atoms with van der Waals surface area (Å²) in [6.45, 7) is 8.24. The summed E-state index contributed by atoms with van der Waals surface area (Å²) in [7, 11) is 0. The highest BCUT2D eigenvalue weighted by molar-refractivity contribution is 5.16. The number of aliphatic hydroxyl groups excluding tert-OH is 1. The van der Waals surface area contributed by atoms with Crippen LogP contribution in [0.15, 0.2) is 24.3 Å². The second-order valence-electron chi connectivity index (χ2n) is 5.91. The van der Waals surface area contributed by atoms with E-state index in [2.05, 4.69) is 26.1 Å². The van der Waals surface area contributed by atoms with E-state index in [4.69, 9.17) is 4.74 Å². The molecule has 0 fully saturated rings. The topological polar surface area (TPSA) is 41.5 Å². The Balaban J connectivity index is 2.18. The van der Waals surface area contributed by atoms with Crippen molar-refractivity contribution < 1.29 is 14.2 Å². The molecule has 4 heteroatoms. The number of halogens is 1. The van der Waals surface area contributed by atoms with Crippen molar-refractivity contribution in [2.75, 3.05) is 19.7 Å². The summed E-state index contributed by atoms with van der Waals surface area (Å²) in [4.78, 5) is 0. The Morgan fingerprint density at radius 1 is 1.35 bits per heavy atom. The number of rotatable bonds is 9. The first-order valence-electron chi connectivity index (χ1n) is 7.14. The van der Waals surface area contributed by atoms with Gasteiger partial charge in [-0.3, -0.25) is 0 Å². The minimum absolute atomic E-state index is 0.185. The number of hydrogen-bond acceptors (Lipinski definition) is 3. The molecule has 0 bridgehead atoms. The number of ether oxygens (including phenoxy) is 1. The van der Waals surface area contributed by atoms with Crippen molar-refractivity contribution >= 4 is 0 Å². The number of aliphatic hydroxyl groups is 1. The molecular weight excluding hydrogens is 257 g/mol. The Kier molecular flexibility index (Phi) is 7.13. The second kappa shape index (κ2) is 8.35. The van der Waals surface area contributed by atoms with Crippen molar-refractivity contribution in [2.24, 2.45) is 5.41 Å². The van der Waals surface area contributed by atoms with Crippen molar-refractivity contribution in [2.45, 2.75) is 39.9 Å². The van der Waals surface area contributed by atoms with Crippen molar-refractivity contribution in [3.8, 4) is 0 Å². The Morgan fingerprint density at radius 3 is 2.70 bits per heavy atom. The Labute approximate surface area is 121 Å². The van der Waals surface area contributed by atoms with E-state index < -0.39 is 6.10 Å². The molecule has 2 N–H and O–H groups in total. The standard InChI is InChI=1S/C16H26FNO2/c1-4-16(2,3)12-18-9-14(19)11-20-10-13-7-5-6-8-15(13)17/h5-8,14,18-19H,4,9-12H2,1-3H3. The minimum Gasteiger partial charge on any atom is -0.389 e. The van der Waals surface area contributed by atoms with E-state index in [1.54, 1.807) is 18.2 Å². The van der Waals surface area contributed by atoms with Gasteiger partial charge in [0.2, 0.25) is 0 Å². The van der Waals surface area contributed by atoms with Crippen LogP contribution in [0.1, 0.15) is 32.8 Å². The predicted octanol–water partition coefficient (Wildman–Crippen LogP) is 2.73. The molecule has 0 aliphatic carbocycles. The fourth-order valence-electron chi connectivity index (χ4n) is 1.68. The zero-order valence-corrected chi connectivity index (χ0v) is 12.7. The molecule has 1 aromatic carbocycles. The van der Waals surface area contributed by atoms with Crippen LogP contribution in [0, 0.1) is 11.2 Å². The fraction of sp³-hybridized carbons (Fsp3) is 0.625. The molecule has 1 atom stereocenters. The molecule has 0 aliphatic heterocycles. The summed E-state index contributed by atoms with van der Waals surface area (Å²) in [5, 5.41) is 13.0. The molecule has 0 spiro atoms. The van der Waals surface area contributed by atoms with E-state index in [0.29, 0.717) is 12.1 Å². The predicted molar refractivity (Wildman–Crippen MR) is 79.0 cm³/mol. The first-order valence-corrected chi connectivity index (χ1v) is 7.14. The summed E-state index contributed by atoms with van der Waals surface area (Å²) in [6, 6.07) is 6.51. The van der Waals surface area contributed by atoms with E-state index in [0.717, 1.165) is 13.0 Å². The minimum atomic E-state index is -0.575. The lowest BCUT2D eigenvalue weighted by atomic mass is 9.90. The molecular formula is C16H26FNO2. The molecule has 0 heterocycles. The average molecular weight is 283 g/mol. The van der Waals surface area contributed by atoms with Crippen LogP contribution in [0.5, 0.6) is 0 Å². The number of benzene rings is 1. The van der Waals surface area contributed by atoms with Crippen LogP contribution >= 0.6 is 0 Å². The molecule has 1 aromatic rings. The monoisotopic (exact) mass is 283 g/mol. The van der Waals surface area contributed by atoms with Crippen LogP contribution in [0.3, 0.4) is 0 Å². The first kappa shape index (κ1) is 17.1. The van der Waals surface area contributed by atoms with Crippen molar-refractivity contribution in [1.29, 1.82) is 0 Å². The second-order valence-corrected chi connectivity index (χ2v) is 5.91. The van der Waals surface area contributed by atoms with Gasteiger partial charge < -0.3 is 15.2 Å². The largest absolute Gasteiger partial charge is 0.389 e. The van der Waals surface area contributed by atoms with Crippen molar-refractivity contribution in [3.05, 3.63) is 35.6 Å². The first-order chi connectivity index (χ1) is 9.44. The molecule has 0 aromatic heterocycles. The van der Waals surface area contributed by atoms with Gasteiger partial charge in [-0.25, -0.2) is 4.39 Å². The molecule has 1 unspecified atom stereocenters. The summed E-state index contributed by atoms with van der Waals surface area (Å²) in [5.74, 6) is -0.273. The summed E-state index contributed by atoms with van der Waals surface area (Å²) < 4.78 is 18.7. The zero-order valence-electron chi connectivity index (χ0n) is 12.7. The maximum Gasteiger partial charge on any atom is 0.128 e. The molecule has 0 aliphatic rings. The molecule has 0 amide bonds. The van der Waals surface area contributed by atoms with Crippen LogP contribution in [0.25, 0.3) is 0 Å². The van der Waals surface area contributed by atoms with Gasteiger partial charge in [-0.1, -0.05) is 39.0 Å². The SMILES string of the molecule is CCC(C)(C)CNCC(O)COCc1ccccc1F. The average Bonchev–Trinajstić information content (AvgIpc) is 2.41. The van der Waals surface area contributed by atoms with Crippen LogP contribution in [-0.2, 0) is 11.3 Å². The van der Waals surface area contributed by atoms with Crippen LogP contribution in [0.2, 0.25) is 0 Å². The highest BCUT2D eigenvalue weighted by Gasteiger charge is 2.15. The zero-order chi connectivity index (χ0) is 15.0. The van der Waals surface area contributed by atoms with Crippen LogP contribution < -0.4 is 5.32 Å². The molecule has 0 saturated heterocycles. The van der Waals surface area contributed by atoms with E-state index in [9.17, 15) is 9.50 Å². The summed E-state index contributed by atoms with van der Waals surface area (Å²) in [6.07, 6.45) is 0.509. The lowest BCUT2D eigenvalue weighted by Gasteiger charge is -2.24. The molecule has 3 nitrogen and oxygen atoms in total. The Hall–Kier alpha value is -0.970. The Bertz CT molecular complexity index is 396. The third-order valence-electron chi connectivity index (χ3n) is 3.47. The number of nitrogens with one attached hydrogen (secondary N) is 1. The number of hydrogen-bond donors (Lipinski definition) is 2. The maximum absolute atomic E-state index is 13.3. The van der Waals surface area contributed by atoms with Gasteiger partial charge in [0.1, 0.15) is 5.82 Å². The van der Waals surface area contributed by atoms with Crippen LogP contribution in [0.4, 0.5) is 4.39 Å². The maximum atomic E-state index is 13.3. The normalized spacial score (nSPS) is 13.4. The molecule has 0 radical (unpaired) electrons. The van der Waals surface area contributed by atoms with E-state index >= 15 is 0 Å². The van der Waals surface area contributed by atoms with Gasteiger partial charge in [-0.2, -0.15) is 0 Å². The summed E-state index contributed by atoms with van der Waals surface area (Å²) >= 11 is 0. The molecule has 20 heavy (non-hydrogen) atoms. The van der Waals surface area contributed by atoms with Gasteiger partial charge >= 0.3 is 0 Å². The van der Waals surface area contributed by atoms with Gasteiger partial charge in [0, 0.05) is 18.7 Å². The van der Waals surface area contributed by atoms with Crippen molar-refractivity contribution in [3.63, 3.8) is 0 Å². The van der Waals surface area contributed by atoms with Gasteiger partial charge in [-0.15, -0.1) is 0 Å². The molecule has 1 rings (SSSR count). The lowest BCUT2D eigenvalue weighted by molar-refractivity contribution is 0.0269.